The number of alkyl halides is 3. The second kappa shape index (κ2) is 10.9. The normalized spacial score (nSPS) is 20.5. The summed E-state index contributed by atoms with van der Waals surface area (Å²) < 4.78 is 40.6. The molecule has 11 heteroatoms. The molecule has 1 fully saturated rings. The number of carbonyl (C=O) groups excluding carboxylic acids is 3. The highest BCUT2D eigenvalue weighted by molar-refractivity contribution is 7.09. The minimum absolute atomic E-state index is 0.0299. The molecule has 0 spiro atoms. The largest absolute Gasteiger partial charge is 0.393 e. The summed E-state index contributed by atoms with van der Waals surface area (Å²) in [5, 5.41) is 5.10. The molecule has 3 N–H and O–H groups in total. The molecule has 2 heterocycles. The fraction of sp³-hybridized carbons (Fsp3) is 0.700. The lowest BCUT2D eigenvalue weighted by molar-refractivity contribution is -0.194. The predicted molar refractivity (Wildman–Crippen MR) is 110 cm³/mol. The zero-order valence-corrected chi connectivity index (χ0v) is 18.5. The topological polar surface area (TPSA) is 105 Å². The highest BCUT2D eigenvalue weighted by atomic mass is 32.1. The molecule has 0 bridgehead atoms. The first kappa shape index (κ1) is 25.1. The molecule has 0 saturated carbocycles. The lowest BCUT2D eigenvalue weighted by atomic mass is 9.89. The summed E-state index contributed by atoms with van der Waals surface area (Å²) in [6.07, 6.45) is -1.66. The maximum Gasteiger partial charge on any atom is 0.393 e. The minimum atomic E-state index is -4.53. The third-order valence-corrected chi connectivity index (χ3v) is 6.18. The Morgan fingerprint density at radius 1 is 1.35 bits per heavy atom. The summed E-state index contributed by atoms with van der Waals surface area (Å²) in [5.74, 6) is -4.99. The van der Waals surface area contributed by atoms with Crippen LogP contribution in [-0.4, -0.2) is 52.9 Å². The summed E-state index contributed by atoms with van der Waals surface area (Å²) in [4.78, 5) is 42.2. The summed E-state index contributed by atoms with van der Waals surface area (Å²) in [5.41, 5.74) is 5.29. The Kier molecular flexibility index (Phi) is 8.84. The number of rotatable bonds is 9. The fourth-order valence-electron chi connectivity index (χ4n) is 3.75. The van der Waals surface area contributed by atoms with Gasteiger partial charge >= 0.3 is 6.18 Å². The molecule has 1 aliphatic rings. The SMILES string of the molecule is CC(C)CC(C(N)=O)C(=O)NC1CN(C(=O)CCCc2nccs2)CCC1C(F)(F)F. The molecule has 0 radical (unpaired) electrons. The zero-order chi connectivity index (χ0) is 23.2. The molecule has 3 atom stereocenters. The number of amides is 3. The predicted octanol–water partition coefficient (Wildman–Crippen LogP) is 2.51. The molecule has 3 amide bonds. The van der Waals surface area contributed by atoms with E-state index in [1.165, 1.54) is 16.2 Å². The molecule has 1 saturated heterocycles. The van der Waals surface area contributed by atoms with Gasteiger partial charge in [0.1, 0.15) is 5.92 Å². The first-order chi connectivity index (χ1) is 14.5. The van der Waals surface area contributed by atoms with Gasteiger partial charge in [0.2, 0.25) is 17.7 Å². The first-order valence-electron chi connectivity index (χ1n) is 10.3. The molecule has 0 aliphatic carbocycles. The van der Waals surface area contributed by atoms with Crippen LogP contribution in [0.1, 0.15) is 44.5 Å². The van der Waals surface area contributed by atoms with Gasteiger partial charge < -0.3 is 16.0 Å². The summed E-state index contributed by atoms with van der Waals surface area (Å²) in [7, 11) is 0. The van der Waals surface area contributed by atoms with E-state index in [0.29, 0.717) is 12.8 Å². The average Bonchev–Trinajstić information content (AvgIpc) is 3.18. The molecule has 7 nitrogen and oxygen atoms in total. The van der Waals surface area contributed by atoms with E-state index >= 15 is 0 Å². The lowest BCUT2D eigenvalue weighted by Gasteiger charge is -2.40. The van der Waals surface area contributed by atoms with Crippen molar-refractivity contribution >= 4 is 29.1 Å². The summed E-state index contributed by atoms with van der Waals surface area (Å²) in [6.45, 7) is 3.29. The number of hydrogen-bond donors (Lipinski definition) is 2. The molecular formula is C20H29F3N4O3S. The Balaban J connectivity index is 2.02. The molecule has 1 aromatic heterocycles. The van der Waals surface area contributed by atoms with Gasteiger partial charge in [-0.3, -0.25) is 14.4 Å². The van der Waals surface area contributed by atoms with Crippen LogP contribution in [0.5, 0.6) is 0 Å². The Labute approximate surface area is 183 Å². The van der Waals surface area contributed by atoms with Gasteiger partial charge in [-0.2, -0.15) is 13.2 Å². The van der Waals surface area contributed by atoms with Gasteiger partial charge in [0.15, 0.2) is 0 Å². The number of aryl methyl sites for hydroxylation is 1. The van der Waals surface area contributed by atoms with E-state index in [1.807, 2.05) is 5.38 Å². The molecule has 1 aliphatic heterocycles. The first-order valence-corrected chi connectivity index (χ1v) is 11.2. The lowest BCUT2D eigenvalue weighted by Crippen LogP contribution is -2.59. The molecule has 31 heavy (non-hydrogen) atoms. The maximum absolute atomic E-state index is 13.5. The van der Waals surface area contributed by atoms with Crippen molar-refractivity contribution in [1.29, 1.82) is 0 Å². The molecule has 2 rings (SSSR count). The number of thiazole rings is 1. The number of nitrogens with zero attached hydrogens (tertiary/aromatic N) is 2. The van der Waals surface area contributed by atoms with Crippen LogP contribution in [0.2, 0.25) is 0 Å². The Bertz CT molecular complexity index is 755. The van der Waals surface area contributed by atoms with E-state index in [-0.39, 0.29) is 44.2 Å². The van der Waals surface area contributed by atoms with Crippen molar-refractivity contribution in [2.45, 2.75) is 58.2 Å². The molecule has 174 valence electrons. The quantitative estimate of drug-likeness (QED) is 0.550. The van der Waals surface area contributed by atoms with Crippen LogP contribution in [-0.2, 0) is 20.8 Å². The van der Waals surface area contributed by atoms with Crippen molar-refractivity contribution in [3.05, 3.63) is 16.6 Å². The van der Waals surface area contributed by atoms with E-state index < -0.39 is 35.9 Å². The maximum atomic E-state index is 13.5. The Hall–Kier alpha value is -2.17. The second-order valence-electron chi connectivity index (χ2n) is 8.26. The average molecular weight is 463 g/mol. The Morgan fingerprint density at radius 2 is 2.06 bits per heavy atom. The molecule has 3 unspecified atom stereocenters. The molecule has 0 aromatic carbocycles. The standard InChI is InChI=1S/C20H29F3N4O3S/c1-12(2)10-13(18(24)29)19(30)26-15-11-27(8-6-14(15)20(21,22)23)17(28)5-3-4-16-25-7-9-31-16/h7,9,12-15H,3-6,8,10-11H2,1-2H3,(H2,24,29)(H,26,30). The number of halogens is 3. The Morgan fingerprint density at radius 3 is 2.61 bits per heavy atom. The van der Waals surface area contributed by atoms with Gasteiger partial charge in [0.25, 0.3) is 0 Å². The van der Waals surface area contributed by atoms with Crippen molar-refractivity contribution in [3.8, 4) is 0 Å². The van der Waals surface area contributed by atoms with Gasteiger partial charge in [-0.15, -0.1) is 11.3 Å². The number of nitrogens with two attached hydrogens (primary N) is 1. The van der Waals surface area contributed by atoms with Crippen molar-refractivity contribution in [3.63, 3.8) is 0 Å². The van der Waals surface area contributed by atoms with E-state index in [0.717, 1.165) is 5.01 Å². The van der Waals surface area contributed by atoms with Crippen LogP contribution >= 0.6 is 11.3 Å². The molecular weight excluding hydrogens is 433 g/mol. The van der Waals surface area contributed by atoms with Gasteiger partial charge in [-0.25, -0.2) is 4.98 Å². The van der Waals surface area contributed by atoms with Crippen LogP contribution in [0, 0.1) is 17.8 Å². The number of piperidine rings is 1. The van der Waals surface area contributed by atoms with Gasteiger partial charge in [0, 0.05) is 31.1 Å². The number of primary amides is 1. The van der Waals surface area contributed by atoms with Gasteiger partial charge in [-0.1, -0.05) is 13.8 Å². The monoisotopic (exact) mass is 462 g/mol. The van der Waals surface area contributed by atoms with Gasteiger partial charge in [-0.05, 0) is 31.6 Å². The van der Waals surface area contributed by atoms with Crippen molar-refractivity contribution in [1.82, 2.24) is 15.2 Å². The third-order valence-electron chi connectivity index (χ3n) is 5.35. The van der Waals surface area contributed by atoms with E-state index in [9.17, 15) is 27.6 Å². The smallest absolute Gasteiger partial charge is 0.369 e. The van der Waals surface area contributed by atoms with Crippen molar-refractivity contribution < 1.29 is 27.6 Å². The summed E-state index contributed by atoms with van der Waals surface area (Å²) >= 11 is 1.48. The van der Waals surface area contributed by atoms with Crippen LogP contribution in [0.4, 0.5) is 13.2 Å². The fourth-order valence-corrected chi connectivity index (χ4v) is 4.41. The third kappa shape index (κ3) is 7.48. The van der Waals surface area contributed by atoms with Crippen LogP contribution < -0.4 is 11.1 Å². The zero-order valence-electron chi connectivity index (χ0n) is 17.7. The highest BCUT2D eigenvalue weighted by Gasteiger charge is 2.48. The number of hydrogen-bond acceptors (Lipinski definition) is 5. The van der Waals surface area contributed by atoms with Crippen molar-refractivity contribution in [2.75, 3.05) is 13.1 Å². The highest BCUT2D eigenvalue weighted by Crippen LogP contribution is 2.35. The van der Waals surface area contributed by atoms with Gasteiger partial charge in [0.05, 0.1) is 17.0 Å². The van der Waals surface area contributed by atoms with E-state index in [2.05, 4.69) is 10.3 Å². The summed E-state index contributed by atoms with van der Waals surface area (Å²) in [6, 6.07) is -1.32. The van der Waals surface area contributed by atoms with Crippen LogP contribution in [0.3, 0.4) is 0 Å². The number of likely N-dealkylation sites (tertiary alicyclic amines) is 1. The molecule has 1 aromatic rings. The van der Waals surface area contributed by atoms with Crippen LogP contribution in [0.25, 0.3) is 0 Å². The number of aromatic nitrogens is 1. The minimum Gasteiger partial charge on any atom is -0.369 e. The van der Waals surface area contributed by atoms with Crippen molar-refractivity contribution in [2.24, 2.45) is 23.5 Å². The number of nitrogens with one attached hydrogen (secondary N) is 1. The number of carbonyl (C=O) groups is 3. The van der Waals surface area contributed by atoms with Crippen LogP contribution in [0.15, 0.2) is 11.6 Å². The van der Waals surface area contributed by atoms with E-state index in [4.69, 9.17) is 5.73 Å². The second-order valence-corrected chi connectivity index (χ2v) is 9.23. The van der Waals surface area contributed by atoms with E-state index in [1.54, 1.807) is 20.0 Å².